The Morgan fingerprint density at radius 1 is 1.43 bits per heavy atom. The summed E-state index contributed by atoms with van der Waals surface area (Å²) in [7, 11) is 0. The number of aryl methyl sites for hydroxylation is 1. The van der Waals surface area contributed by atoms with Gasteiger partial charge in [0.15, 0.2) is 5.65 Å². The molecule has 0 aliphatic carbocycles. The number of fused-ring (bicyclic) bond motifs is 1. The highest BCUT2D eigenvalue weighted by Crippen LogP contribution is 2.21. The lowest BCUT2D eigenvalue weighted by Crippen LogP contribution is -2.12. The summed E-state index contributed by atoms with van der Waals surface area (Å²) in [5, 5.41) is 4.12. The molecule has 14 heavy (non-hydrogen) atoms. The summed E-state index contributed by atoms with van der Waals surface area (Å²) in [6.07, 6.45) is 0.206. The zero-order chi connectivity index (χ0) is 13.0. The zero-order valence-electron chi connectivity index (χ0n) is 11.8. The van der Waals surface area contributed by atoms with Crippen LogP contribution in [0.15, 0.2) is 18.4 Å². The van der Waals surface area contributed by atoms with Crippen LogP contribution in [0.3, 0.4) is 0 Å². The molecule has 2 aromatic heterocycles. The molecule has 0 amide bonds. The molecule has 74 valence electrons. The molecule has 0 radical (unpaired) electrons. The van der Waals surface area contributed by atoms with Gasteiger partial charge < -0.3 is 0 Å². The van der Waals surface area contributed by atoms with E-state index in [0.29, 0.717) is 11.3 Å². The summed E-state index contributed by atoms with van der Waals surface area (Å²) in [5.41, 5.74) is 1.02. The van der Waals surface area contributed by atoms with E-state index in [4.69, 9.17) is 4.11 Å². The second kappa shape index (κ2) is 2.80. The molecule has 2 rings (SSSR count). The van der Waals surface area contributed by atoms with Crippen molar-refractivity contribution in [2.24, 2.45) is 0 Å². The van der Waals surface area contributed by atoms with Crippen molar-refractivity contribution in [1.82, 2.24) is 14.6 Å². The fourth-order valence-electron chi connectivity index (χ4n) is 1.17. The maximum atomic E-state index is 8.10. The summed E-state index contributed by atoms with van der Waals surface area (Å²) in [5.74, 6) is 0. The van der Waals surface area contributed by atoms with Crippen LogP contribution in [0.1, 0.15) is 36.1 Å². The molecule has 0 atom stereocenters. The Bertz CT molecular complexity index is 596. The van der Waals surface area contributed by atoms with Crippen LogP contribution in [0.5, 0.6) is 0 Å². The van der Waals surface area contributed by atoms with Crippen molar-refractivity contribution in [1.29, 1.82) is 0 Å². The van der Waals surface area contributed by atoms with Gasteiger partial charge in [0.25, 0.3) is 0 Å². The number of rotatable bonds is 0. The van der Waals surface area contributed by atoms with Crippen molar-refractivity contribution in [3.63, 3.8) is 0 Å². The van der Waals surface area contributed by atoms with Gasteiger partial charge >= 0.3 is 0 Å². The summed E-state index contributed by atoms with van der Waals surface area (Å²) in [6.45, 7) is 7.51. The average molecular weight is 192 g/mol. The molecular formula is C11H15N3. The van der Waals surface area contributed by atoms with E-state index in [1.807, 2.05) is 20.8 Å². The molecule has 0 aliphatic rings. The number of aromatic nitrogens is 3. The summed E-state index contributed by atoms with van der Waals surface area (Å²) < 4.78 is 25.1. The zero-order valence-corrected chi connectivity index (χ0v) is 8.84. The molecule has 0 bridgehead atoms. The van der Waals surface area contributed by atoms with Crippen LogP contribution < -0.4 is 0 Å². The smallest absolute Gasteiger partial charge is 0.155 e. The number of hydrogen-bond donors (Lipinski definition) is 0. The summed E-state index contributed by atoms with van der Waals surface area (Å²) >= 11 is 0. The van der Waals surface area contributed by atoms with Crippen LogP contribution in [0.4, 0.5) is 0 Å². The minimum atomic E-state index is -0.336. The van der Waals surface area contributed by atoms with Crippen LogP contribution in [0.25, 0.3) is 5.65 Å². The quantitative estimate of drug-likeness (QED) is 0.641. The van der Waals surface area contributed by atoms with E-state index >= 15 is 0 Å². The fourth-order valence-corrected chi connectivity index (χ4v) is 1.17. The van der Waals surface area contributed by atoms with E-state index < -0.39 is 0 Å². The standard InChI is InChI=1S/C11H15N3/c1-8-5-10-12-6-9(11(2,3)4)7-14(10)13-8/h5-7H,1-4H3/i5D,6D,7D. The first-order chi connectivity index (χ1) is 7.73. The third-order valence-corrected chi connectivity index (χ3v) is 1.98. The van der Waals surface area contributed by atoms with Crippen molar-refractivity contribution in [2.45, 2.75) is 33.1 Å². The van der Waals surface area contributed by atoms with Crippen molar-refractivity contribution >= 4 is 5.65 Å². The maximum Gasteiger partial charge on any atom is 0.155 e. The average Bonchev–Trinajstić information content (AvgIpc) is 2.43. The van der Waals surface area contributed by atoms with Gasteiger partial charge in [0.2, 0.25) is 0 Å². The van der Waals surface area contributed by atoms with E-state index in [1.54, 1.807) is 6.92 Å². The van der Waals surface area contributed by atoms with Crippen molar-refractivity contribution in [3.8, 4) is 0 Å². The predicted octanol–water partition coefficient (Wildman–Crippen LogP) is 2.34. The maximum absolute atomic E-state index is 8.10. The first kappa shape index (κ1) is 6.17. The molecule has 0 aliphatic heterocycles. The highest BCUT2D eigenvalue weighted by atomic mass is 15.2. The minimum Gasteiger partial charge on any atom is -0.237 e. The van der Waals surface area contributed by atoms with Crippen LogP contribution in [0, 0.1) is 6.92 Å². The minimum absolute atomic E-state index is 0.0587. The molecule has 0 N–H and O–H groups in total. The summed E-state index contributed by atoms with van der Waals surface area (Å²) in [6, 6.07) is 0.187. The third kappa shape index (κ3) is 1.50. The van der Waals surface area contributed by atoms with E-state index in [0.717, 1.165) is 0 Å². The highest BCUT2D eigenvalue weighted by Gasteiger charge is 2.14. The first-order valence-electron chi connectivity index (χ1n) is 6.07. The lowest BCUT2D eigenvalue weighted by molar-refractivity contribution is 0.581. The van der Waals surface area contributed by atoms with E-state index in [2.05, 4.69) is 10.1 Å². The molecule has 3 heteroatoms. The third-order valence-electron chi connectivity index (χ3n) is 1.98. The molecule has 0 spiro atoms. The molecule has 0 saturated carbocycles. The topological polar surface area (TPSA) is 30.2 Å². The molecule has 0 fully saturated rings. The lowest BCUT2D eigenvalue weighted by Gasteiger charge is -2.17. The fraction of sp³-hybridized carbons (Fsp3) is 0.455. The SMILES string of the molecule is [2H]c1nc2c([2H])c(C)nn2c([2H])c1C(C)(C)C. The molecule has 2 aromatic rings. The Labute approximate surface area is 88.0 Å². The number of nitrogens with zero attached hydrogens (tertiary/aromatic N) is 3. The van der Waals surface area contributed by atoms with Crippen LogP contribution >= 0.6 is 0 Å². The van der Waals surface area contributed by atoms with Crippen molar-refractivity contribution < 1.29 is 4.11 Å². The van der Waals surface area contributed by atoms with E-state index in [9.17, 15) is 0 Å². The second-order valence-electron chi connectivity index (χ2n) is 4.41. The van der Waals surface area contributed by atoms with E-state index in [1.165, 1.54) is 4.52 Å². The number of hydrogen-bond acceptors (Lipinski definition) is 2. The van der Waals surface area contributed by atoms with Crippen molar-refractivity contribution in [3.05, 3.63) is 29.6 Å². The molecule has 0 aromatic carbocycles. The van der Waals surface area contributed by atoms with Crippen LogP contribution in [-0.2, 0) is 5.41 Å². The van der Waals surface area contributed by atoms with Gasteiger partial charge in [-0.05, 0) is 17.9 Å². The van der Waals surface area contributed by atoms with E-state index in [-0.39, 0.29) is 29.5 Å². The molecule has 3 nitrogen and oxygen atoms in total. The van der Waals surface area contributed by atoms with Gasteiger partial charge in [-0.2, -0.15) is 5.10 Å². The molecule has 2 heterocycles. The van der Waals surface area contributed by atoms with Gasteiger partial charge in [-0.25, -0.2) is 9.50 Å². The molecule has 0 unspecified atom stereocenters. The molecule has 0 saturated heterocycles. The Kier molecular flexibility index (Phi) is 1.24. The van der Waals surface area contributed by atoms with Gasteiger partial charge in [-0.3, -0.25) is 0 Å². The Morgan fingerprint density at radius 3 is 2.79 bits per heavy atom. The monoisotopic (exact) mass is 192 g/mol. The Balaban J connectivity index is 2.91. The Morgan fingerprint density at radius 2 is 2.14 bits per heavy atom. The van der Waals surface area contributed by atoms with Gasteiger partial charge in [-0.15, -0.1) is 0 Å². The summed E-state index contributed by atoms with van der Waals surface area (Å²) in [4.78, 5) is 4.08. The van der Waals surface area contributed by atoms with Gasteiger partial charge in [0.05, 0.1) is 9.81 Å². The van der Waals surface area contributed by atoms with Gasteiger partial charge in [0.1, 0.15) is 0 Å². The largest absolute Gasteiger partial charge is 0.237 e. The predicted molar refractivity (Wildman–Crippen MR) is 56.4 cm³/mol. The normalized spacial score (nSPS) is 15.3. The van der Waals surface area contributed by atoms with Crippen LogP contribution in [0.2, 0.25) is 0 Å². The van der Waals surface area contributed by atoms with Gasteiger partial charge in [0, 0.05) is 18.4 Å². The van der Waals surface area contributed by atoms with Crippen molar-refractivity contribution in [2.75, 3.05) is 0 Å². The first-order valence-corrected chi connectivity index (χ1v) is 4.57. The van der Waals surface area contributed by atoms with Crippen LogP contribution in [-0.4, -0.2) is 14.6 Å². The lowest BCUT2D eigenvalue weighted by atomic mass is 9.89. The second-order valence-corrected chi connectivity index (χ2v) is 4.41. The molecular weight excluding hydrogens is 174 g/mol. The Hall–Kier alpha value is -1.38. The highest BCUT2D eigenvalue weighted by molar-refractivity contribution is 5.39. The van der Waals surface area contributed by atoms with Gasteiger partial charge in [-0.1, -0.05) is 20.8 Å².